The third-order valence-corrected chi connectivity index (χ3v) is 1.09. The van der Waals surface area contributed by atoms with Crippen LogP contribution in [0.15, 0.2) is 18.3 Å². The average molecular weight is 177 g/mol. The van der Waals surface area contributed by atoms with Gasteiger partial charge in [-0.05, 0) is 19.1 Å². The fourth-order valence-electron chi connectivity index (χ4n) is 0.662. The van der Waals surface area contributed by atoms with Gasteiger partial charge in [-0.15, -0.1) is 12.4 Å². The van der Waals surface area contributed by atoms with Gasteiger partial charge in [-0.2, -0.15) is 0 Å². The highest BCUT2D eigenvalue weighted by Crippen LogP contribution is 2.01. The van der Waals surface area contributed by atoms with Crippen LogP contribution in [-0.2, 0) is 0 Å². The molecule has 0 spiro atoms. The number of anilines is 1. The van der Waals surface area contributed by atoms with E-state index in [9.17, 15) is 4.39 Å². The van der Waals surface area contributed by atoms with Crippen LogP contribution in [0.2, 0.25) is 0 Å². The number of hydrogen-bond acceptors (Lipinski definition) is 2. The van der Waals surface area contributed by atoms with Gasteiger partial charge in [-0.3, -0.25) is 0 Å². The molecule has 0 aliphatic heterocycles. The number of pyridine rings is 1. The van der Waals surface area contributed by atoms with Crippen molar-refractivity contribution in [3.8, 4) is 0 Å². The summed E-state index contributed by atoms with van der Waals surface area (Å²) in [6.07, 6.45) is 1.19. The van der Waals surface area contributed by atoms with E-state index in [0.717, 1.165) is 6.54 Å². The molecule has 1 heterocycles. The van der Waals surface area contributed by atoms with Crippen molar-refractivity contribution in [3.63, 3.8) is 0 Å². The van der Waals surface area contributed by atoms with Crippen molar-refractivity contribution in [1.29, 1.82) is 0 Å². The van der Waals surface area contributed by atoms with Crippen molar-refractivity contribution in [2.45, 2.75) is 6.92 Å². The number of nitrogens with zero attached hydrogens (tertiary/aromatic N) is 1. The highest BCUT2D eigenvalue weighted by atomic mass is 35.5. The molecule has 0 saturated heterocycles. The summed E-state index contributed by atoms with van der Waals surface area (Å²) in [7, 11) is 0. The molecule has 62 valence electrons. The van der Waals surface area contributed by atoms with Gasteiger partial charge < -0.3 is 5.32 Å². The van der Waals surface area contributed by atoms with Crippen molar-refractivity contribution < 1.29 is 4.39 Å². The van der Waals surface area contributed by atoms with E-state index in [1.54, 1.807) is 6.07 Å². The van der Waals surface area contributed by atoms with Crippen molar-refractivity contribution in [1.82, 2.24) is 4.98 Å². The zero-order chi connectivity index (χ0) is 7.40. The van der Waals surface area contributed by atoms with Crippen LogP contribution in [0, 0.1) is 5.82 Å². The zero-order valence-electron chi connectivity index (χ0n) is 6.17. The molecule has 4 heteroatoms. The van der Waals surface area contributed by atoms with Crippen LogP contribution in [0.4, 0.5) is 10.2 Å². The van der Waals surface area contributed by atoms with Crippen LogP contribution in [-0.4, -0.2) is 11.5 Å². The second kappa shape index (κ2) is 4.91. The van der Waals surface area contributed by atoms with Gasteiger partial charge in [-0.25, -0.2) is 9.37 Å². The number of nitrogens with one attached hydrogen (secondary N) is 1. The Morgan fingerprint density at radius 1 is 1.55 bits per heavy atom. The predicted octanol–water partition coefficient (Wildman–Crippen LogP) is 2.07. The third kappa shape index (κ3) is 3.18. The first-order valence-corrected chi connectivity index (χ1v) is 3.18. The van der Waals surface area contributed by atoms with Gasteiger partial charge in [0.25, 0.3) is 0 Å². The largest absolute Gasteiger partial charge is 0.370 e. The molecule has 1 rings (SSSR count). The van der Waals surface area contributed by atoms with E-state index in [1.807, 2.05) is 6.92 Å². The normalized spacial score (nSPS) is 8.55. The monoisotopic (exact) mass is 176 g/mol. The number of hydrogen-bond donors (Lipinski definition) is 1. The fraction of sp³-hybridized carbons (Fsp3) is 0.286. The molecule has 11 heavy (non-hydrogen) atoms. The Balaban J connectivity index is 0.000001000. The van der Waals surface area contributed by atoms with Crippen molar-refractivity contribution >= 4 is 18.2 Å². The van der Waals surface area contributed by atoms with Crippen LogP contribution in [0.1, 0.15) is 6.92 Å². The Bertz CT molecular complexity index is 200. The highest BCUT2D eigenvalue weighted by molar-refractivity contribution is 5.85. The number of aromatic nitrogens is 1. The summed E-state index contributed by atoms with van der Waals surface area (Å²) < 4.78 is 12.2. The Kier molecular flexibility index (Phi) is 4.54. The maximum atomic E-state index is 12.2. The maximum absolute atomic E-state index is 12.2. The van der Waals surface area contributed by atoms with E-state index in [-0.39, 0.29) is 18.2 Å². The first kappa shape index (κ1) is 10.2. The lowest BCUT2D eigenvalue weighted by Crippen LogP contribution is -1.98. The maximum Gasteiger partial charge on any atom is 0.141 e. The smallest absolute Gasteiger partial charge is 0.141 e. The second-order valence-corrected chi connectivity index (χ2v) is 1.89. The molecule has 1 aromatic heterocycles. The molecule has 0 amide bonds. The number of rotatable bonds is 2. The first-order valence-electron chi connectivity index (χ1n) is 3.18. The molecule has 1 aromatic rings. The molecule has 0 unspecified atom stereocenters. The summed E-state index contributed by atoms with van der Waals surface area (Å²) in [5, 5.41) is 2.96. The van der Waals surface area contributed by atoms with E-state index >= 15 is 0 Å². The molecule has 1 N–H and O–H groups in total. The molecular weight excluding hydrogens is 167 g/mol. The van der Waals surface area contributed by atoms with Gasteiger partial charge in [0, 0.05) is 6.54 Å². The Morgan fingerprint density at radius 3 is 2.73 bits per heavy atom. The predicted molar refractivity (Wildman–Crippen MR) is 45.6 cm³/mol. The fourth-order valence-corrected chi connectivity index (χ4v) is 0.662. The Hall–Kier alpha value is -0.830. The Morgan fingerprint density at radius 2 is 2.27 bits per heavy atom. The Labute approximate surface area is 71.2 Å². The zero-order valence-corrected chi connectivity index (χ0v) is 6.99. The molecule has 0 radical (unpaired) electrons. The topological polar surface area (TPSA) is 24.9 Å². The van der Waals surface area contributed by atoms with E-state index < -0.39 is 0 Å². The van der Waals surface area contributed by atoms with Gasteiger partial charge in [0.1, 0.15) is 11.6 Å². The third-order valence-electron chi connectivity index (χ3n) is 1.09. The van der Waals surface area contributed by atoms with E-state index in [1.165, 1.54) is 12.3 Å². The molecule has 0 saturated carbocycles. The minimum Gasteiger partial charge on any atom is -0.370 e. The van der Waals surface area contributed by atoms with Crippen molar-refractivity contribution in [2.24, 2.45) is 0 Å². The quantitative estimate of drug-likeness (QED) is 0.747. The molecule has 0 aliphatic rings. The summed E-state index contributed by atoms with van der Waals surface area (Å²) in [5.74, 6) is 0.408. The summed E-state index contributed by atoms with van der Waals surface area (Å²) in [4.78, 5) is 3.78. The summed E-state index contributed by atoms with van der Waals surface area (Å²) in [6, 6.07) is 2.99. The lowest BCUT2D eigenvalue weighted by Gasteiger charge is -1.98. The number of halogens is 2. The SMILES string of the molecule is CCNc1ccc(F)cn1.Cl. The van der Waals surface area contributed by atoms with E-state index in [2.05, 4.69) is 10.3 Å². The minimum atomic E-state index is -0.304. The van der Waals surface area contributed by atoms with Crippen molar-refractivity contribution in [3.05, 3.63) is 24.1 Å². The lowest BCUT2D eigenvalue weighted by atomic mass is 10.4. The van der Waals surface area contributed by atoms with Crippen LogP contribution in [0.25, 0.3) is 0 Å². The standard InChI is InChI=1S/C7H9FN2.ClH/c1-2-9-7-4-3-6(8)5-10-7;/h3-5H,2H2,1H3,(H,9,10);1H. The van der Waals surface area contributed by atoms with Crippen molar-refractivity contribution in [2.75, 3.05) is 11.9 Å². The van der Waals surface area contributed by atoms with Crippen LogP contribution in [0.3, 0.4) is 0 Å². The molecule has 0 aromatic carbocycles. The summed E-state index contributed by atoms with van der Waals surface area (Å²) >= 11 is 0. The summed E-state index contributed by atoms with van der Waals surface area (Å²) in [5.41, 5.74) is 0. The first-order chi connectivity index (χ1) is 4.83. The van der Waals surface area contributed by atoms with Gasteiger partial charge in [0.2, 0.25) is 0 Å². The van der Waals surface area contributed by atoms with Crippen LogP contribution >= 0.6 is 12.4 Å². The average Bonchev–Trinajstić information content (AvgIpc) is 1.95. The van der Waals surface area contributed by atoms with Gasteiger partial charge in [0.15, 0.2) is 0 Å². The summed E-state index contributed by atoms with van der Waals surface area (Å²) in [6.45, 7) is 2.77. The molecule has 2 nitrogen and oxygen atoms in total. The van der Waals surface area contributed by atoms with Gasteiger partial charge in [0.05, 0.1) is 6.20 Å². The second-order valence-electron chi connectivity index (χ2n) is 1.89. The molecule has 0 aliphatic carbocycles. The highest BCUT2D eigenvalue weighted by Gasteiger charge is 1.90. The lowest BCUT2D eigenvalue weighted by molar-refractivity contribution is 0.622. The molecule has 0 bridgehead atoms. The molecule has 0 fully saturated rings. The van der Waals surface area contributed by atoms with Crippen LogP contribution in [0.5, 0.6) is 0 Å². The molecular formula is C7H10ClFN2. The van der Waals surface area contributed by atoms with Gasteiger partial charge >= 0.3 is 0 Å². The van der Waals surface area contributed by atoms with E-state index in [4.69, 9.17) is 0 Å². The van der Waals surface area contributed by atoms with Crippen LogP contribution < -0.4 is 5.32 Å². The minimum absolute atomic E-state index is 0. The molecule has 0 atom stereocenters. The van der Waals surface area contributed by atoms with Gasteiger partial charge in [-0.1, -0.05) is 0 Å². The van der Waals surface area contributed by atoms with E-state index in [0.29, 0.717) is 5.82 Å².